The molecule has 2 aliphatic rings. The van der Waals surface area contributed by atoms with E-state index in [1.165, 1.54) is 0 Å². The van der Waals surface area contributed by atoms with Gasteiger partial charge in [-0.3, -0.25) is 4.79 Å². The van der Waals surface area contributed by atoms with Crippen molar-refractivity contribution in [2.75, 3.05) is 6.61 Å². The van der Waals surface area contributed by atoms with E-state index < -0.39 is 5.72 Å². The number of carbonyl (C=O) groups excluding carboxylic acids is 1. The van der Waals surface area contributed by atoms with E-state index in [1.54, 1.807) is 0 Å². The van der Waals surface area contributed by atoms with Crippen LogP contribution in [0.4, 0.5) is 0 Å². The van der Waals surface area contributed by atoms with Crippen LogP contribution in [-0.2, 0) is 9.53 Å². The van der Waals surface area contributed by atoms with Crippen molar-refractivity contribution in [1.82, 2.24) is 5.32 Å². The van der Waals surface area contributed by atoms with Crippen molar-refractivity contribution >= 4 is 5.91 Å². The third-order valence-corrected chi connectivity index (χ3v) is 3.39. The van der Waals surface area contributed by atoms with Gasteiger partial charge >= 0.3 is 0 Å². The maximum absolute atomic E-state index is 11.5. The Kier molecular flexibility index (Phi) is 2.98. The minimum absolute atomic E-state index is 0.0410. The number of amides is 1. The minimum atomic E-state index is -0.550. The molecule has 0 aromatic carbocycles. The molecule has 4 heteroatoms. The molecule has 0 unspecified atom stereocenters. The fourth-order valence-electron chi connectivity index (χ4n) is 2.34. The highest BCUT2D eigenvalue weighted by molar-refractivity contribution is 5.76. The third kappa shape index (κ3) is 2.01. The van der Waals surface area contributed by atoms with E-state index in [1.807, 2.05) is 6.92 Å². The SMILES string of the molecule is CCC(=O)N[C@@]1(C2CC2)OCCC[C@@H]1N. The van der Waals surface area contributed by atoms with E-state index in [-0.39, 0.29) is 11.9 Å². The van der Waals surface area contributed by atoms with Gasteiger partial charge in [-0.1, -0.05) is 6.92 Å². The Balaban J connectivity index is 2.10. The van der Waals surface area contributed by atoms with Crippen LogP contribution in [0.2, 0.25) is 0 Å². The second-order valence-corrected chi connectivity index (χ2v) is 4.57. The minimum Gasteiger partial charge on any atom is -0.354 e. The number of hydrogen-bond acceptors (Lipinski definition) is 3. The highest BCUT2D eigenvalue weighted by atomic mass is 16.5. The number of rotatable bonds is 3. The molecule has 0 spiro atoms. The Hall–Kier alpha value is -0.610. The lowest BCUT2D eigenvalue weighted by Crippen LogP contribution is -2.65. The molecule has 4 nitrogen and oxygen atoms in total. The maximum Gasteiger partial charge on any atom is 0.221 e. The zero-order valence-electron chi connectivity index (χ0n) is 9.29. The van der Waals surface area contributed by atoms with Crippen LogP contribution >= 0.6 is 0 Å². The molecule has 2 rings (SSSR count). The van der Waals surface area contributed by atoms with Crippen LogP contribution in [0, 0.1) is 5.92 Å². The molecule has 0 aromatic heterocycles. The number of carbonyl (C=O) groups is 1. The molecule has 1 heterocycles. The van der Waals surface area contributed by atoms with Gasteiger partial charge in [-0.15, -0.1) is 0 Å². The van der Waals surface area contributed by atoms with Crippen LogP contribution in [0.25, 0.3) is 0 Å². The van der Waals surface area contributed by atoms with Gasteiger partial charge in [0.25, 0.3) is 0 Å². The molecule has 15 heavy (non-hydrogen) atoms. The summed E-state index contributed by atoms with van der Waals surface area (Å²) in [5, 5.41) is 3.01. The Bertz CT molecular complexity index is 253. The van der Waals surface area contributed by atoms with Crippen LogP contribution in [-0.4, -0.2) is 24.3 Å². The van der Waals surface area contributed by atoms with Crippen LogP contribution < -0.4 is 11.1 Å². The number of nitrogens with two attached hydrogens (primary N) is 1. The average Bonchev–Trinajstić information content (AvgIpc) is 3.05. The Morgan fingerprint density at radius 2 is 2.27 bits per heavy atom. The van der Waals surface area contributed by atoms with E-state index in [0.717, 1.165) is 25.7 Å². The Labute approximate surface area is 90.5 Å². The van der Waals surface area contributed by atoms with Crippen molar-refractivity contribution in [3.05, 3.63) is 0 Å². The molecule has 0 bridgehead atoms. The molecule has 0 radical (unpaired) electrons. The van der Waals surface area contributed by atoms with Gasteiger partial charge in [-0.05, 0) is 25.7 Å². The molecule has 2 atom stereocenters. The van der Waals surface area contributed by atoms with E-state index >= 15 is 0 Å². The summed E-state index contributed by atoms with van der Waals surface area (Å²) in [7, 11) is 0. The van der Waals surface area contributed by atoms with Gasteiger partial charge in [0.2, 0.25) is 5.91 Å². The number of hydrogen-bond donors (Lipinski definition) is 2. The standard InChI is InChI=1S/C11H20N2O2/c1-2-10(14)13-11(8-5-6-8)9(12)4-3-7-15-11/h8-9H,2-7,12H2,1H3,(H,13,14)/t9-,11-/m0/s1. The lowest BCUT2D eigenvalue weighted by molar-refractivity contribution is -0.152. The normalized spacial score (nSPS) is 36.3. The molecule has 1 aliphatic carbocycles. The summed E-state index contributed by atoms with van der Waals surface area (Å²) in [6.07, 6.45) is 4.68. The second-order valence-electron chi connectivity index (χ2n) is 4.57. The fourth-order valence-corrected chi connectivity index (χ4v) is 2.34. The highest BCUT2D eigenvalue weighted by Gasteiger charge is 2.52. The van der Waals surface area contributed by atoms with Gasteiger partial charge in [0.15, 0.2) is 5.72 Å². The first-order valence-electron chi connectivity index (χ1n) is 5.89. The van der Waals surface area contributed by atoms with Crippen LogP contribution in [0.3, 0.4) is 0 Å². The lowest BCUT2D eigenvalue weighted by atomic mass is 9.92. The molecule has 86 valence electrons. The smallest absolute Gasteiger partial charge is 0.221 e. The molecule has 1 amide bonds. The van der Waals surface area contributed by atoms with E-state index in [0.29, 0.717) is 18.9 Å². The summed E-state index contributed by atoms with van der Waals surface area (Å²) < 4.78 is 5.82. The van der Waals surface area contributed by atoms with Gasteiger partial charge < -0.3 is 15.8 Å². The monoisotopic (exact) mass is 212 g/mol. The first kappa shape index (κ1) is 10.9. The summed E-state index contributed by atoms with van der Waals surface area (Å²) in [5.41, 5.74) is 5.57. The molecular formula is C11H20N2O2. The predicted octanol–water partition coefficient (Wildman–Crippen LogP) is 0.757. The molecular weight excluding hydrogens is 192 g/mol. The summed E-state index contributed by atoms with van der Waals surface area (Å²) in [6.45, 7) is 2.57. The topological polar surface area (TPSA) is 64.3 Å². The molecule has 0 aromatic rings. The van der Waals surface area contributed by atoms with Crippen molar-refractivity contribution < 1.29 is 9.53 Å². The van der Waals surface area contributed by atoms with Crippen molar-refractivity contribution in [1.29, 1.82) is 0 Å². The van der Waals surface area contributed by atoms with Crippen molar-refractivity contribution in [2.45, 2.75) is 50.8 Å². The number of nitrogens with one attached hydrogen (secondary N) is 1. The predicted molar refractivity (Wildman–Crippen MR) is 57.1 cm³/mol. The highest BCUT2D eigenvalue weighted by Crippen LogP contribution is 2.44. The quantitative estimate of drug-likeness (QED) is 0.726. The number of ether oxygens (including phenoxy) is 1. The summed E-state index contributed by atoms with van der Waals surface area (Å²) in [4.78, 5) is 11.5. The van der Waals surface area contributed by atoms with Crippen LogP contribution in [0.5, 0.6) is 0 Å². The lowest BCUT2D eigenvalue weighted by Gasteiger charge is -2.43. The van der Waals surface area contributed by atoms with Gasteiger partial charge in [-0.2, -0.15) is 0 Å². The molecule has 2 fully saturated rings. The zero-order valence-corrected chi connectivity index (χ0v) is 9.29. The third-order valence-electron chi connectivity index (χ3n) is 3.39. The van der Waals surface area contributed by atoms with Crippen molar-refractivity contribution in [3.63, 3.8) is 0 Å². The molecule has 3 N–H and O–H groups in total. The van der Waals surface area contributed by atoms with Crippen LogP contribution in [0.15, 0.2) is 0 Å². The second kappa shape index (κ2) is 4.10. The average molecular weight is 212 g/mol. The molecule has 1 saturated heterocycles. The van der Waals surface area contributed by atoms with E-state index in [4.69, 9.17) is 10.5 Å². The van der Waals surface area contributed by atoms with Crippen LogP contribution in [0.1, 0.15) is 39.0 Å². The first-order chi connectivity index (χ1) is 7.19. The van der Waals surface area contributed by atoms with E-state index in [2.05, 4.69) is 5.32 Å². The van der Waals surface area contributed by atoms with Crippen molar-refractivity contribution in [2.24, 2.45) is 11.7 Å². The fraction of sp³-hybridized carbons (Fsp3) is 0.909. The molecule has 1 aliphatic heterocycles. The summed E-state index contributed by atoms with van der Waals surface area (Å²) in [5.74, 6) is 0.475. The Morgan fingerprint density at radius 3 is 2.80 bits per heavy atom. The van der Waals surface area contributed by atoms with Gasteiger partial charge in [-0.25, -0.2) is 0 Å². The Morgan fingerprint density at radius 1 is 1.53 bits per heavy atom. The summed E-state index contributed by atoms with van der Waals surface area (Å²) in [6, 6.07) is -0.0470. The van der Waals surface area contributed by atoms with Gasteiger partial charge in [0.1, 0.15) is 0 Å². The maximum atomic E-state index is 11.5. The van der Waals surface area contributed by atoms with E-state index in [9.17, 15) is 4.79 Å². The summed E-state index contributed by atoms with van der Waals surface area (Å²) >= 11 is 0. The largest absolute Gasteiger partial charge is 0.354 e. The van der Waals surface area contributed by atoms with Gasteiger partial charge in [0, 0.05) is 18.9 Å². The zero-order chi connectivity index (χ0) is 10.9. The first-order valence-corrected chi connectivity index (χ1v) is 5.89. The molecule has 1 saturated carbocycles. The van der Waals surface area contributed by atoms with Crippen molar-refractivity contribution in [3.8, 4) is 0 Å². The van der Waals surface area contributed by atoms with Gasteiger partial charge in [0.05, 0.1) is 6.04 Å².